The second kappa shape index (κ2) is 8.24. The highest BCUT2D eigenvalue weighted by Gasteiger charge is 2.31. The largest absolute Gasteiger partial charge is 0.495 e. The van der Waals surface area contributed by atoms with Crippen LogP contribution in [0.3, 0.4) is 0 Å². The van der Waals surface area contributed by atoms with E-state index in [0.29, 0.717) is 25.4 Å². The number of sulfonamides is 1. The number of rotatable bonds is 6. The van der Waals surface area contributed by atoms with Crippen LogP contribution >= 0.6 is 11.6 Å². The molecule has 8 heteroatoms. The molecule has 0 radical (unpaired) electrons. The number of ether oxygens (including phenoxy) is 2. The third-order valence-electron chi connectivity index (χ3n) is 4.38. The molecule has 1 unspecified atom stereocenters. The topological polar surface area (TPSA) is 68.7 Å². The van der Waals surface area contributed by atoms with Crippen molar-refractivity contribution in [2.45, 2.75) is 17.7 Å². The summed E-state index contributed by atoms with van der Waals surface area (Å²) in [4.78, 5) is 4.13. The summed E-state index contributed by atoms with van der Waals surface area (Å²) < 4.78 is 38.2. The number of hydrogen-bond acceptors (Lipinski definition) is 5. The highest BCUT2D eigenvalue weighted by atomic mass is 35.5. The molecule has 2 aromatic rings. The van der Waals surface area contributed by atoms with Gasteiger partial charge in [-0.1, -0.05) is 11.6 Å². The molecule has 3 rings (SSSR count). The van der Waals surface area contributed by atoms with E-state index in [1.54, 1.807) is 30.6 Å². The lowest BCUT2D eigenvalue weighted by Crippen LogP contribution is -2.41. The Morgan fingerprint density at radius 2 is 2.04 bits per heavy atom. The molecule has 1 atom stereocenters. The van der Waals surface area contributed by atoms with Crippen LogP contribution in [0.2, 0.25) is 5.02 Å². The fraction of sp³-hybridized carbons (Fsp3) is 0.389. The Hall–Kier alpha value is -1.83. The van der Waals surface area contributed by atoms with Gasteiger partial charge in [0, 0.05) is 31.4 Å². The third kappa shape index (κ3) is 4.28. The molecular formula is C18H21ClN2O4S. The Morgan fingerprint density at radius 1 is 1.27 bits per heavy atom. The first-order valence-electron chi connectivity index (χ1n) is 8.37. The normalized spacial score (nSPS) is 18.5. The SMILES string of the molecule is COc1ccc(S(=O)(=O)N2CCCC(COc3ccncc3)C2)cc1Cl. The van der Waals surface area contributed by atoms with Gasteiger partial charge in [-0.05, 0) is 43.2 Å². The smallest absolute Gasteiger partial charge is 0.243 e. The molecule has 1 aliphatic rings. The van der Waals surface area contributed by atoms with Crippen molar-refractivity contribution in [3.63, 3.8) is 0 Å². The summed E-state index contributed by atoms with van der Waals surface area (Å²) in [5.41, 5.74) is 0. The second-order valence-electron chi connectivity index (χ2n) is 6.16. The summed E-state index contributed by atoms with van der Waals surface area (Å²) in [5, 5.41) is 0.281. The molecule has 1 aromatic carbocycles. The van der Waals surface area contributed by atoms with Crippen LogP contribution in [-0.2, 0) is 10.0 Å². The fourth-order valence-corrected chi connectivity index (χ4v) is 4.89. The number of halogens is 1. The van der Waals surface area contributed by atoms with Crippen LogP contribution in [0.1, 0.15) is 12.8 Å². The highest BCUT2D eigenvalue weighted by Crippen LogP contribution is 2.30. The molecular weight excluding hydrogens is 376 g/mol. The van der Waals surface area contributed by atoms with E-state index in [-0.39, 0.29) is 15.8 Å². The van der Waals surface area contributed by atoms with E-state index in [1.165, 1.54) is 23.5 Å². The first kappa shape index (κ1) is 18.9. The van der Waals surface area contributed by atoms with Gasteiger partial charge in [0.05, 0.1) is 23.6 Å². The fourth-order valence-electron chi connectivity index (χ4n) is 2.99. The lowest BCUT2D eigenvalue weighted by Gasteiger charge is -2.31. The maximum absolute atomic E-state index is 12.9. The minimum Gasteiger partial charge on any atom is -0.495 e. The van der Waals surface area contributed by atoms with Crippen LogP contribution in [0.4, 0.5) is 0 Å². The standard InChI is InChI=1S/C18H21ClN2O4S/c1-24-18-5-4-16(11-17(18)19)26(22,23)21-10-2-3-14(12-21)13-25-15-6-8-20-9-7-15/h4-9,11,14H,2-3,10,12-13H2,1H3. The second-order valence-corrected chi connectivity index (χ2v) is 8.51. The zero-order valence-corrected chi connectivity index (χ0v) is 16.0. The zero-order valence-electron chi connectivity index (χ0n) is 14.5. The van der Waals surface area contributed by atoms with Gasteiger partial charge in [-0.3, -0.25) is 4.98 Å². The Kier molecular flexibility index (Phi) is 6.01. The molecule has 0 bridgehead atoms. The van der Waals surface area contributed by atoms with Crippen LogP contribution < -0.4 is 9.47 Å². The number of hydrogen-bond donors (Lipinski definition) is 0. The molecule has 0 amide bonds. The summed E-state index contributed by atoms with van der Waals surface area (Å²) in [6, 6.07) is 8.11. The monoisotopic (exact) mass is 396 g/mol. The number of benzene rings is 1. The summed E-state index contributed by atoms with van der Waals surface area (Å²) in [5.74, 6) is 1.33. The van der Waals surface area contributed by atoms with Gasteiger partial charge in [0.2, 0.25) is 10.0 Å². The number of piperidine rings is 1. The van der Waals surface area contributed by atoms with Crippen LogP contribution in [-0.4, -0.2) is 44.5 Å². The van der Waals surface area contributed by atoms with E-state index >= 15 is 0 Å². The van der Waals surface area contributed by atoms with Crippen LogP contribution in [0.5, 0.6) is 11.5 Å². The van der Waals surface area contributed by atoms with Crippen LogP contribution in [0.15, 0.2) is 47.6 Å². The number of nitrogens with zero attached hydrogens (tertiary/aromatic N) is 2. The summed E-state index contributed by atoms with van der Waals surface area (Å²) in [6.45, 7) is 1.40. The molecule has 1 aliphatic heterocycles. The van der Waals surface area contributed by atoms with Gasteiger partial charge >= 0.3 is 0 Å². The van der Waals surface area contributed by atoms with E-state index in [0.717, 1.165) is 18.6 Å². The summed E-state index contributed by atoms with van der Waals surface area (Å²) >= 11 is 6.09. The van der Waals surface area contributed by atoms with Crippen LogP contribution in [0.25, 0.3) is 0 Å². The van der Waals surface area contributed by atoms with Crippen molar-refractivity contribution in [2.75, 3.05) is 26.8 Å². The maximum atomic E-state index is 12.9. The average molecular weight is 397 g/mol. The van der Waals surface area contributed by atoms with Crippen molar-refractivity contribution in [1.82, 2.24) is 9.29 Å². The van der Waals surface area contributed by atoms with E-state index in [1.807, 2.05) is 0 Å². The minimum atomic E-state index is -3.60. The average Bonchev–Trinajstić information content (AvgIpc) is 2.67. The van der Waals surface area contributed by atoms with Gasteiger partial charge in [-0.25, -0.2) is 8.42 Å². The molecule has 0 aliphatic carbocycles. The number of aromatic nitrogens is 1. The molecule has 26 heavy (non-hydrogen) atoms. The Bertz CT molecular complexity index is 846. The van der Waals surface area contributed by atoms with Crippen molar-refractivity contribution in [1.29, 1.82) is 0 Å². The first-order chi connectivity index (χ1) is 12.5. The summed E-state index contributed by atoms with van der Waals surface area (Å²) in [6.07, 6.45) is 5.06. The maximum Gasteiger partial charge on any atom is 0.243 e. The van der Waals surface area contributed by atoms with Gasteiger partial charge in [0.15, 0.2) is 0 Å². The van der Waals surface area contributed by atoms with Crippen LogP contribution in [0, 0.1) is 5.92 Å². The molecule has 1 saturated heterocycles. The quantitative estimate of drug-likeness (QED) is 0.749. The van der Waals surface area contributed by atoms with Crippen molar-refractivity contribution in [3.8, 4) is 11.5 Å². The van der Waals surface area contributed by atoms with Crippen molar-refractivity contribution in [3.05, 3.63) is 47.7 Å². The van der Waals surface area contributed by atoms with Gasteiger partial charge in [-0.15, -0.1) is 0 Å². The Morgan fingerprint density at radius 3 is 2.73 bits per heavy atom. The molecule has 0 saturated carbocycles. The summed E-state index contributed by atoms with van der Waals surface area (Å²) in [7, 11) is -2.10. The molecule has 6 nitrogen and oxygen atoms in total. The molecule has 140 valence electrons. The Balaban J connectivity index is 1.68. The molecule has 1 aromatic heterocycles. The zero-order chi connectivity index (χ0) is 18.6. The van der Waals surface area contributed by atoms with Crippen molar-refractivity contribution < 1.29 is 17.9 Å². The number of pyridine rings is 1. The minimum absolute atomic E-state index is 0.139. The van der Waals surface area contributed by atoms with E-state index in [9.17, 15) is 8.42 Å². The number of methoxy groups -OCH3 is 1. The van der Waals surface area contributed by atoms with Gasteiger partial charge in [0.1, 0.15) is 11.5 Å². The van der Waals surface area contributed by atoms with E-state index < -0.39 is 10.0 Å². The van der Waals surface area contributed by atoms with Gasteiger partial charge in [0.25, 0.3) is 0 Å². The predicted molar refractivity (Wildman–Crippen MR) is 99.2 cm³/mol. The molecule has 0 spiro atoms. The molecule has 2 heterocycles. The van der Waals surface area contributed by atoms with Crippen molar-refractivity contribution in [2.24, 2.45) is 5.92 Å². The van der Waals surface area contributed by atoms with Crippen molar-refractivity contribution >= 4 is 21.6 Å². The molecule has 0 N–H and O–H groups in total. The van der Waals surface area contributed by atoms with Gasteiger partial charge in [-0.2, -0.15) is 4.31 Å². The first-order valence-corrected chi connectivity index (χ1v) is 10.2. The Labute approximate surface area is 158 Å². The van der Waals surface area contributed by atoms with E-state index in [4.69, 9.17) is 21.1 Å². The molecule has 1 fully saturated rings. The third-order valence-corrected chi connectivity index (χ3v) is 6.53. The van der Waals surface area contributed by atoms with Gasteiger partial charge < -0.3 is 9.47 Å². The van der Waals surface area contributed by atoms with E-state index in [2.05, 4.69) is 4.98 Å². The highest BCUT2D eigenvalue weighted by molar-refractivity contribution is 7.89. The lowest BCUT2D eigenvalue weighted by atomic mass is 10.0. The predicted octanol–water partition coefficient (Wildman–Crippen LogP) is 3.22. The lowest BCUT2D eigenvalue weighted by molar-refractivity contribution is 0.180.